The smallest absolute Gasteiger partial charge is 0.173 e. The largest absolute Gasteiger partial charge is 0.493 e. The van der Waals surface area contributed by atoms with E-state index in [4.69, 9.17) is 21.7 Å². The van der Waals surface area contributed by atoms with E-state index in [1.165, 1.54) is 0 Å². The lowest BCUT2D eigenvalue weighted by molar-refractivity contribution is -0.116. The van der Waals surface area contributed by atoms with Gasteiger partial charge in [0.1, 0.15) is 0 Å². The first-order chi connectivity index (χ1) is 12.1. The Bertz CT molecular complexity index is 729. The summed E-state index contributed by atoms with van der Waals surface area (Å²) in [6.07, 6.45) is 2.37. The minimum absolute atomic E-state index is 0.202. The molecule has 1 N–H and O–H groups in total. The highest BCUT2D eigenvalue weighted by molar-refractivity contribution is 7.80. The first kappa shape index (κ1) is 17.7. The summed E-state index contributed by atoms with van der Waals surface area (Å²) in [6.45, 7) is 5.30. The van der Waals surface area contributed by atoms with E-state index in [1.54, 1.807) is 7.11 Å². The fourth-order valence-corrected chi connectivity index (χ4v) is 3.93. The number of ketones is 1. The second-order valence-corrected chi connectivity index (χ2v) is 6.49. The Hall–Kier alpha value is -2.08. The summed E-state index contributed by atoms with van der Waals surface area (Å²) in [7, 11) is 1.62. The number of Topliss-reactive ketones (excluding diaryl/α,β-unsaturated/α-hetero) is 1. The minimum atomic E-state index is -0.233. The Labute approximate surface area is 154 Å². The van der Waals surface area contributed by atoms with E-state index in [9.17, 15) is 4.79 Å². The Morgan fingerprint density at radius 1 is 1.28 bits per heavy atom. The van der Waals surface area contributed by atoms with Crippen LogP contribution >= 0.6 is 12.2 Å². The number of nitrogens with one attached hydrogen (secondary N) is 1. The molecule has 0 radical (unpaired) electrons. The van der Waals surface area contributed by atoms with Gasteiger partial charge < -0.3 is 19.7 Å². The van der Waals surface area contributed by atoms with E-state index in [1.807, 2.05) is 30.0 Å². The molecule has 1 heterocycles. The topological polar surface area (TPSA) is 50.8 Å². The maximum absolute atomic E-state index is 12.7. The summed E-state index contributed by atoms with van der Waals surface area (Å²) in [5.74, 6) is 1.57. The first-order valence-corrected chi connectivity index (χ1v) is 9.16. The van der Waals surface area contributed by atoms with E-state index >= 15 is 0 Å². The first-order valence-electron chi connectivity index (χ1n) is 8.75. The Balaban J connectivity index is 2.08. The number of hydrogen-bond acceptors (Lipinski definition) is 4. The molecule has 134 valence electrons. The van der Waals surface area contributed by atoms with Crippen LogP contribution in [-0.2, 0) is 4.79 Å². The van der Waals surface area contributed by atoms with Crippen molar-refractivity contribution >= 4 is 23.1 Å². The van der Waals surface area contributed by atoms with Gasteiger partial charge >= 0.3 is 0 Å². The zero-order chi connectivity index (χ0) is 18.0. The highest BCUT2D eigenvalue weighted by atomic mass is 32.1. The van der Waals surface area contributed by atoms with Crippen molar-refractivity contribution in [3.8, 4) is 11.5 Å². The van der Waals surface area contributed by atoms with Crippen LogP contribution in [0.2, 0.25) is 0 Å². The van der Waals surface area contributed by atoms with Crippen molar-refractivity contribution in [2.45, 2.75) is 39.2 Å². The number of methoxy groups -OCH3 is 1. The highest BCUT2D eigenvalue weighted by Crippen LogP contribution is 2.39. The van der Waals surface area contributed by atoms with Gasteiger partial charge in [-0.25, -0.2) is 0 Å². The van der Waals surface area contributed by atoms with Gasteiger partial charge in [-0.2, -0.15) is 0 Å². The van der Waals surface area contributed by atoms with Crippen LogP contribution in [-0.4, -0.2) is 36.1 Å². The molecule has 1 aliphatic carbocycles. The van der Waals surface area contributed by atoms with Gasteiger partial charge in [0.25, 0.3) is 0 Å². The van der Waals surface area contributed by atoms with Crippen molar-refractivity contribution < 1.29 is 14.3 Å². The van der Waals surface area contributed by atoms with Crippen LogP contribution in [0.4, 0.5) is 0 Å². The molecular formula is C19H24N2O3S. The molecule has 0 spiro atoms. The summed E-state index contributed by atoms with van der Waals surface area (Å²) in [5.41, 5.74) is 2.88. The van der Waals surface area contributed by atoms with Crippen LogP contribution in [0.5, 0.6) is 11.5 Å². The Morgan fingerprint density at radius 2 is 2.08 bits per heavy atom. The minimum Gasteiger partial charge on any atom is -0.493 e. The quantitative estimate of drug-likeness (QED) is 0.813. The lowest BCUT2D eigenvalue weighted by Crippen LogP contribution is -2.49. The predicted molar refractivity (Wildman–Crippen MR) is 101 cm³/mol. The number of ether oxygens (including phenoxy) is 2. The number of rotatable bonds is 5. The molecule has 1 aromatic rings. The molecule has 0 saturated heterocycles. The monoisotopic (exact) mass is 360 g/mol. The van der Waals surface area contributed by atoms with E-state index in [0.29, 0.717) is 29.6 Å². The predicted octanol–water partition coefficient (Wildman–Crippen LogP) is 3.35. The van der Waals surface area contributed by atoms with Crippen LogP contribution in [0, 0.1) is 0 Å². The molecule has 5 nitrogen and oxygen atoms in total. The summed E-state index contributed by atoms with van der Waals surface area (Å²) < 4.78 is 11.1. The van der Waals surface area contributed by atoms with Crippen molar-refractivity contribution in [1.82, 2.24) is 10.2 Å². The fraction of sp³-hybridized carbons (Fsp3) is 0.474. The van der Waals surface area contributed by atoms with Crippen molar-refractivity contribution in [2.24, 2.45) is 0 Å². The molecule has 0 saturated carbocycles. The standard InChI is InChI=1S/C19H24N2O3S/c1-4-21-13-7-6-8-14(22)17(13)18(20-19(21)25)12-9-10-15(23-3)16(11-12)24-5-2/h9-11,18H,4-8H2,1-3H3,(H,20,25). The molecule has 1 atom stereocenters. The van der Waals surface area contributed by atoms with Gasteiger partial charge in [-0.3, -0.25) is 4.79 Å². The summed E-state index contributed by atoms with van der Waals surface area (Å²) in [4.78, 5) is 14.7. The summed E-state index contributed by atoms with van der Waals surface area (Å²) in [6, 6.07) is 5.56. The third kappa shape index (κ3) is 3.23. The van der Waals surface area contributed by atoms with Crippen LogP contribution < -0.4 is 14.8 Å². The van der Waals surface area contributed by atoms with Crippen molar-refractivity contribution in [2.75, 3.05) is 20.3 Å². The maximum Gasteiger partial charge on any atom is 0.173 e. The average Bonchev–Trinajstić information content (AvgIpc) is 2.61. The second-order valence-electron chi connectivity index (χ2n) is 6.11. The number of hydrogen-bond donors (Lipinski definition) is 1. The van der Waals surface area contributed by atoms with Gasteiger partial charge in [-0.1, -0.05) is 6.07 Å². The zero-order valence-corrected chi connectivity index (χ0v) is 15.7. The SMILES string of the molecule is CCOc1cc(C2NC(=S)N(CC)C3=C2C(=O)CCC3)ccc1OC. The molecule has 2 aliphatic rings. The highest BCUT2D eigenvalue weighted by Gasteiger charge is 2.36. The van der Waals surface area contributed by atoms with E-state index in [2.05, 4.69) is 12.2 Å². The van der Waals surface area contributed by atoms with Gasteiger partial charge in [0.15, 0.2) is 22.4 Å². The number of carbonyl (C=O) groups excluding carboxylic acids is 1. The molecule has 6 heteroatoms. The molecule has 25 heavy (non-hydrogen) atoms. The second kappa shape index (κ2) is 7.44. The molecule has 0 amide bonds. The molecule has 1 aromatic carbocycles. The van der Waals surface area contributed by atoms with Crippen LogP contribution in [0.15, 0.2) is 29.5 Å². The lowest BCUT2D eigenvalue weighted by Gasteiger charge is -2.40. The van der Waals surface area contributed by atoms with E-state index < -0.39 is 0 Å². The van der Waals surface area contributed by atoms with Gasteiger partial charge in [-0.05, 0) is 56.6 Å². The van der Waals surface area contributed by atoms with Gasteiger partial charge in [0, 0.05) is 24.2 Å². The van der Waals surface area contributed by atoms with Gasteiger partial charge in [0.05, 0.1) is 19.8 Å². The summed E-state index contributed by atoms with van der Waals surface area (Å²) >= 11 is 5.56. The number of thiocarbonyl (C=S) groups is 1. The van der Waals surface area contributed by atoms with Crippen LogP contribution in [0.1, 0.15) is 44.7 Å². The Morgan fingerprint density at radius 3 is 2.76 bits per heavy atom. The average molecular weight is 360 g/mol. The molecule has 1 unspecified atom stereocenters. The summed E-state index contributed by atoms with van der Waals surface area (Å²) in [5, 5.41) is 4.03. The Kier molecular flexibility index (Phi) is 5.27. The number of nitrogens with zero attached hydrogens (tertiary/aromatic N) is 1. The molecule has 0 aromatic heterocycles. The van der Waals surface area contributed by atoms with Crippen molar-refractivity contribution in [3.63, 3.8) is 0 Å². The third-order valence-electron chi connectivity index (χ3n) is 4.69. The molecule has 3 rings (SSSR count). The molecule has 0 bridgehead atoms. The van der Waals surface area contributed by atoms with Gasteiger partial charge in [0.2, 0.25) is 0 Å². The van der Waals surface area contributed by atoms with Gasteiger partial charge in [-0.15, -0.1) is 0 Å². The van der Waals surface area contributed by atoms with Crippen molar-refractivity contribution in [1.29, 1.82) is 0 Å². The number of allylic oxidation sites excluding steroid dienone is 1. The van der Waals surface area contributed by atoms with E-state index in [0.717, 1.165) is 36.2 Å². The lowest BCUT2D eigenvalue weighted by atomic mass is 9.84. The van der Waals surface area contributed by atoms with Crippen molar-refractivity contribution in [3.05, 3.63) is 35.0 Å². The fourth-order valence-electron chi connectivity index (χ4n) is 3.58. The maximum atomic E-state index is 12.7. The van der Waals surface area contributed by atoms with Crippen LogP contribution in [0.25, 0.3) is 0 Å². The van der Waals surface area contributed by atoms with Crippen LogP contribution in [0.3, 0.4) is 0 Å². The third-order valence-corrected chi connectivity index (χ3v) is 5.03. The molecule has 1 aliphatic heterocycles. The zero-order valence-electron chi connectivity index (χ0n) is 14.9. The number of benzene rings is 1. The molecular weight excluding hydrogens is 336 g/mol. The van der Waals surface area contributed by atoms with E-state index in [-0.39, 0.29) is 11.8 Å². The molecule has 0 fully saturated rings. The normalized spacial score (nSPS) is 20.3. The number of carbonyl (C=O) groups is 1.